The molecule has 2 bridgehead atoms. The van der Waals surface area contributed by atoms with Crippen LogP contribution in [0.1, 0.15) is 36.8 Å². The lowest BCUT2D eigenvalue weighted by Gasteiger charge is -2.33. The van der Waals surface area contributed by atoms with Crippen molar-refractivity contribution in [3.8, 4) is 0 Å². The van der Waals surface area contributed by atoms with E-state index in [2.05, 4.69) is 5.32 Å². The topological polar surface area (TPSA) is 58.6 Å². The average Bonchev–Trinajstić information content (AvgIpc) is 3.00. The van der Waals surface area contributed by atoms with Crippen molar-refractivity contribution in [2.24, 2.45) is 0 Å². The van der Waals surface area contributed by atoms with Crippen molar-refractivity contribution in [3.05, 3.63) is 71.8 Å². The number of piperidine rings is 1. The van der Waals surface area contributed by atoms with Gasteiger partial charge in [-0.25, -0.2) is 4.79 Å². The molecule has 0 aromatic heterocycles. The van der Waals surface area contributed by atoms with Gasteiger partial charge in [0.15, 0.2) is 0 Å². The number of benzene rings is 2. The number of carbonyl (C=O) groups is 1. The number of hydrogen-bond acceptors (Lipinski definition) is 4. The molecular formula is C21H24ClNO3. The van der Waals surface area contributed by atoms with Crippen molar-refractivity contribution in [1.29, 1.82) is 0 Å². The SMILES string of the molecule is Cl.O=C(OC1C[C@H]2CC[C@H](C1)N2)C(O)(c1ccccc1)c1ccccc1. The summed E-state index contributed by atoms with van der Waals surface area (Å²) < 4.78 is 5.82. The molecule has 2 heterocycles. The van der Waals surface area contributed by atoms with Crippen LogP contribution in [0.4, 0.5) is 0 Å². The molecule has 2 aromatic carbocycles. The maximum absolute atomic E-state index is 13.1. The van der Waals surface area contributed by atoms with E-state index < -0.39 is 11.6 Å². The van der Waals surface area contributed by atoms with Gasteiger partial charge in [-0.15, -0.1) is 12.4 Å². The van der Waals surface area contributed by atoms with Crippen LogP contribution in [0.15, 0.2) is 60.7 Å². The molecule has 26 heavy (non-hydrogen) atoms. The van der Waals surface area contributed by atoms with Crippen molar-refractivity contribution < 1.29 is 14.6 Å². The highest BCUT2D eigenvalue weighted by Gasteiger charge is 2.44. The molecule has 138 valence electrons. The monoisotopic (exact) mass is 373 g/mol. The van der Waals surface area contributed by atoms with Gasteiger partial charge in [-0.2, -0.15) is 0 Å². The third-order valence-corrected chi connectivity index (χ3v) is 5.38. The Bertz CT molecular complexity index is 686. The summed E-state index contributed by atoms with van der Waals surface area (Å²) in [6, 6.07) is 18.9. The van der Waals surface area contributed by atoms with E-state index in [-0.39, 0.29) is 18.5 Å². The molecule has 0 amide bonds. The van der Waals surface area contributed by atoms with Crippen LogP contribution in [0, 0.1) is 0 Å². The summed E-state index contributed by atoms with van der Waals surface area (Å²) >= 11 is 0. The van der Waals surface area contributed by atoms with Gasteiger partial charge in [0, 0.05) is 12.1 Å². The first kappa shape index (κ1) is 18.9. The molecule has 2 N–H and O–H groups in total. The molecule has 2 atom stereocenters. The first-order valence-electron chi connectivity index (χ1n) is 8.97. The summed E-state index contributed by atoms with van der Waals surface area (Å²) in [5, 5.41) is 15.0. The van der Waals surface area contributed by atoms with Gasteiger partial charge in [0.1, 0.15) is 6.10 Å². The standard InChI is InChI=1S/C21H23NO3.ClH/c23-20(25-19-13-17-11-12-18(14-19)22-17)21(24,15-7-3-1-4-8-15)16-9-5-2-6-10-16;/h1-10,17-19,22,24H,11-14H2;1H/t17-,18-;/m1./s1. The summed E-state index contributed by atoms with van der Waals surface area (Å²) in [7, 11) is 0. The highest BCUT2D eigenvalue weighted by atomic mass is 35.5. The summed E-state index contributed by atoms with van der Waals surface area (Å²) in [5.41, 5.74) is -0.724. The fraction of sp³-hybridized carbons (Fsp3) is 0.381. The van der Waals surface area contributed by atoms with Crippen LogP contribution in [-0.2, 0) is 15.1 Å². The molecule has 2 aliphatic rings. The zero-order valence-corrected chi connectivity index (χ0v) is 15.3. The largest absolute Gasteiger partial charge is 0.460 e. The second-order valence-corrected chi connectivity index (χ2v) is 7.08. The minimum atomic E-state index is -1.79. The van der Waals surface area contributed by atoms with E-state index in [0.717, 1.165) is 25.7 Å². The van der Waals surface area contributed by atoms with Crippen molar-refractivity contribution in [1.82, 2.24) is 5.32 Å². The molecule has 2 aliphatic heterocycles. The smallest absolute Gasteiger partial charge is 0.347 e. The zero-order valence-electron chi connectivity index (χ0n) is 14.5. The second-order valence-electron chi connectivity index (χ2n) is 7.08. The van der Waals surface area contributed by atoms with Gasteiger partial charge >= 0.3 is 5.97 Å². The first-order valence-corrected chi connectivity index (χ1v) is 8.97. The maximum atomic E-state index is 13.1. The van der Waals surface area contributed by atoms with E-state index in [0.29, 0.717) is 23.2 Å². The summed E-state index contributed by atoms with van der Waals surface area (Å²) in [4.78, 5) is 13.1. The lowest BCUT2D eigenvalue weighted by Crippen LogP contribution is -2.46. The van der Waals surface area contributed by atoms with Gasteiger partial charge < -0.3 is 15.2 Å². The Kier molecular flexibility index (Phi) is 5.66. The lowest BCUT2D eigenvalue weighted by molar-refractivity contribution is -0.169. The van der Waals surface area contributed by atoms with Gasteiger partial charge in [0.2, 0.25) is 5.60 Å². The Balaban J connectivity index is 0.00000196. The van der Waals surface area contributed by atoms with Gasteiger partial charge in [-0.05, 0) is 36.8 Å². The Hall–Kier alpha value is -1.88. The minimum absolute atomic E-state index is 0. The third-order valence-electron chi connectivity index (χ3n) is 5.38. The number of carbonyl (C=O) groups excluding carboxylic acids is 1. The maximum Gasteiger partial charge on any atom is 0.347 e. The van der Waals surface area contributed by atoms with Crippen LogP contribution < -0.4 is 5.32 Å². The Morgan fingerprint density at radius 2 is 1.38 bits per heavy atom. The molecule has 0 spiro atoms. The number of aliphatic hydroxyl groups is 1. The molecule has 2 fully saturated rings. The van der Waals surface area contributed by atoms with E-state index in [1.54, 1.807) is 24.3 Å². The second kappa shape index (κ2) is 7.78. The Labute approximate surface area is 160 Å². The number of nitrogens with one attached hydrogen (secondary N) is 1. The van der Waals surface area contributed by atoms with Crippen molar-refractivity contribution in [3.63, 3.8) is 0 Å². The van der Waals surface area contributed by atoms with Crippen LogP contribution >= 0.6 is 12.4 Å². The van der Waals surface area contributed by atoms with Crippen molar-refractivity contribution >= 4 is 18.4 Å². The molecule has 2 aromatic rings. The molecule has 4 nitrogen and oxygen atoms in total. The van der Waals surface area contributed by atoms with Gasteiger partial charge in [-0.1, -0.05) is 60.7 Å². The molecule has 0 radical (unpaired) electrons. The Morgan fingerprint density at radius 3 is 1.85 bits per heavy atom. The number of rotatable bonds is 4. The molecule has 0 saturated carbocycles. The van der Waals surface area contributed by atoms with Gasteiger partial charge in [0.05, 0.1) is 0 Å². The highest BCUT2D eigenvalue weighted by Crippen LogP contribution is 2.34. The number of hydrogen-bond donors (Lipinski definition) is 2. The number of fused-ring (bicyclic) bond motifs is 2. The van der Waals surface area contributed by atoms with Crippen LogP contribution in [0.25, 0.3) is 0 Å². The van der Waals surface area contributed by atoms with Crippen LogP contribution in [0.5, 0.6) is 0 Å². The molecule has 2 saturated heterocycles. The molecule has 4 rings (SSSR count). The highest BCUT2D eigenvalue weighted by molar-refractivity contribution is 5.86. The van der Waals surface area contributed by atoms with Crippen LogP contribution in [-0.4, -0.2) is 29.3 Å². The Morgan fingerprint density at radius 1 is 0.923 bits per heavy atom. The fourth-order valence-corrected chi connectivity index (χ4v) is 4.10. The van der Waals surface area contributed by atoms with Crippen LogP contribution in [0.3, 0.4) is 0 Å². The normalized spacial score (nSPS) is 24.6. The quantitative estimate of drug-likeness (QED) is 0.808. The van der Waals surface area contributed by atoms with E-state index in [1.807, 2.05) is 36.4 Å². The third kappa shape index (κ3) is 3.50. The molecule has 5 heteroatoms. The first-order chi connectivity index (χ1) is 12.2. The van der Waals surface area contributed by atoms with Crippen molar-refractivity contribution in [2.45, 2.75) is 49.5 Å². The van der Waals surface area contributed by atoms with Crippen LogP contribution in [0.2, 0.25) is 0 Å². The fourth-order valence-electron chi connectivity index (χ4n) is 4.10. The number of ether oxygens (including phenoxy) is 1. The van der Waals surface area contributed by atoms with E-state index in [9.17, 15) is 9.90 Å². The number of esters is 1. The van der Waals surface area contributed by atoms with E-state index >= 15 is 0 Å². The predicted molar refractivity (Wildman–Crippen MR) is 102 cm³/mol. The molecular weight excluding hydrogens is 350 g/mol. The average molecular weight is 374 g/mol. The lowest BCUT2D eigenvalue weighted by atomic mass is 9.86. The van der Waals surface area contributed by atoms with Crippen molar-refractivity contribution in [2.75, 3.05) is 0 Å². The van der Waals surface area contributed by atoms with E-state index in [4.69, 9.17) is 4.74 Å². The summed E-state index contributed by atoms with van der Waals surface area (Å²) in [5.74, 6) is -0.587. The number of halogens is 1. The minimum Gasteiger partial charge on any atom is -0.460 e. The van der Waals surface area contributed by atoms with Gasteiger partial charge in [0.25, 0.3) is 0 Å². The summed E-state index contributed by atoms with van der Waals surface area (Å²) in [6.07, 6.45) is 3.79. The van der Waals surface area contributed by atoms with Gasteiger partial charge in [-0.3, -0.25) is 0 Å². The molecule has 0 aliphatic carbocycles. The zero-order chi connectivity index (χ0) is 17.3. The summed E-state index contributed by atoms with van der Waals surface area (Å²) in [6.45, 7) is 0. The molecule has 0 unspecified atom stereocenters. The predicted octanol–water partition coefficient (Wildman–Crippen LogP) is 3.17. The van der Waals surface area contributed by atoms with E-state index in [1.165, 1.54) is 0 Å².